The van der Waals surface area contributed by atoms with Crippen molar-refractivity contribution in [2.75, 3.05) is 0 Å². The predicted octanol–water partition coefficient (Wildman–Crippen LogP) is 4.97. The fourth-order valence-electron chi connectivity index (χ4n) is 5.14. The third kappa shape index (κ3) is 3.95. The van der Waals surface area contributed by atoms with E-state index >= 15 is 0 Å². The van der Waals surface area contributed by atoms with Gasteiger partial charge in [-0.05, 0) is 34.0 Å². The highest BCUT2D eigenvalue weighted by molar-refractivity contribution is 6.38. The van der Waals surface area contributed by atoms with Gasteiger partial charge in [-0.15, -0.1) is 5.10 Å². The van der Waals surface area contributed by atoms with Crippen molar-refractivity contribution in [2.45, 2.75) is 19.0 Å². The first-order valence-corrected chi connectivity index (χ1v) is 12.6. The van der Waals surface area contributed by atoms with Crippen LogP contribution in [0.4, 0.5) is 0 Å². The molecule has 10 heteroatoms. The SMILES string of the molecule is Cc1nn(Cc2nnnn2C(c2ccccc2)(c2ccccc2)c2ccccc2)c2ncc(C(=O)O)c(Cl)c12. The van der Waals surface area contributed by atoms with E-state index in [0.29, 0.717) is 22.6 Å². The highest BCUT2D eigenvalue weighted by Gasteiger charge is 2.41. The molecule has 0 atom stereocenters. The van der Waals surface area contributed by atoms with Gasteiger partial charge in [0.25, 0.3) is 0 Å². The van der Waals surface area contributed by atoms with E-state index in [4.69, 9.17) is 11.6 Å². The van der Waals surface area contributed by atoms with Crippen LogP contribution < -0.4 is 0 Å². The van der Waals surface area contributed by atoms with Gasteiger partial charge in [0.2, 0.25) is 0 Å². The minimum atomic E-state index is -1.15. The zero-order valence-electron chi connectivity index (χ0n) is 20.8. The number of halogens is 1. The average molecular weight is 536 g/mol. The summed E-state index contributed by atoms with van der Waals surface area (Å²) in [6.45, 7) is 1.94. The van der Waals surface area contributed by atoms with Crippen molar-refractivity contribution in [1.82, 2.24) is 35.0 Å². The summed E-state index contributed by atoms with van der Waals surface area (Å²) in [5.74, 6) is -0.625. The van der Waals surface area contributed by atoms with Gasteiger partial charge in [0.1, 0.15) is 12.1 Å². The fourth-order valence-corrected chi connectivity index (χ4v) is 5.49. The van der Waals surface area contributed by atoms with Gasteiger partial charge >= 0.3 is 5.97 Å². The Kier molecular flexibility index (Phi) is 6.12. The molecular formula is C29H22ClN7O2. The quantitative estimate of drug-likeness (QED) is 0.287. The summed E-state index contributed by atoms with van der Waals surface area (Å²) in [5.41, 5.74) is 2.96. The number of nitrogens with zero attached hydrogens (tertiary/aromatic N) is 7. The standard InChI is InChI=1S/C29H22ClN7O2/c1-19-25-26(30)23(28(38)39)17-31-27(25)36(33-19)18-24-32-34-35-37(24)29(20-11-5-2-6-12-20,21-13-7-3-8-14-21)22-15-9-4-10-16-22/h2-17H,18H2,1H3,(H,38,39). The van der Waals surface area contributed by atoms with Gasteiger partial charge in [0.05, 0.1) is 21.7 Å². The van der Waals surface area contributed by atoms with E-state index in [1.807, 2.05) is 59.3 Å². The summed E-state index contributed by atoms with van der Waals surface area (Å²) < 4.78 is 3.47. The number of pyridine rings is 1. The van der Waals surface area contributed by atoms with Crippen LogP contribution in [0.5, 0.6) is 0 Å². The van der Waals surface area contributed by atoms with Crippen molar-refractivity contribution < 1.29 is 9.90 Å². The Bertz CT molecular complexity index is 1690. The Hall–Kier alpha value is -4.89. The largest absolute Gasteiger partial charge is 0.478 e. The number of carbonyl (C=O) groups is 1. The monoisotopic (exact) mass is 535 g/mol. The molecule has 0 aliphatic rings. The number of fused-ring (bicyclic) bond motifs is 1. The number of aryl methyl sites for hydroxylation is 1. The molecule has 0 radical (unpaired) electrons. The summed E-state index contributed by atoms with van der Waals surface area (Å²) in [5, 5.41) is 27.8. The van der Waals surface area contributed by atoms with Crippen molar-refractivity contribution in [3.05, 3.63) is 136 Å². The van der Waals surface area contributed by atoms with Gasteiger partial charge in [-0.2, -0.15) is 5.10 Å². The smallest absolute Gasteiger partial charge is 0.338 e. The van der Waals surface area contributed by atoms with Crippen molar-refractivity contribution >= 4 is 28.6 Å². The molecule has 3 aromatic heterocycles. The molecule has 0 amide bonds. The number of rotatable bonds is 7. The van der Waals surface area contributed by atoms with E-state index in [0.717, 1.165) is 16.7 Å². The molecule has 0 saturated carbocycles. The Morgan fingerprint density at radius 2 is 1.44 bits per heavy atom. The molecule has 3 aromatic carbocycles. The first-order chi connectivity index (χ1) is 19.0. The second kappa shape index (κ2) is 9.77. The zero-order valence-corrected chi connectivity index (χ0v) is 21.6. The molecule has 39 heavy (non-hydrogen) atoms. The van der Waals surface area contributed by atoms with Gasteiger partial charge in [-0.1, -0.05) is 103 Å². The summed E-state index contributed by atoms with van der Waals surface area (Å²) in [6.07, 6.45) is 1.25. The number of tetrazole rings is 1. The molecule has 3 heterocycles. The number of benzene rings is 3. The fraction of sp³-hybridized carbons (Fsp3) is 0.103. The molecule has 0 spiro atoms. The normalized spacial score (nSPS) is 11.6. The number of hydrogen-bond acceptors (Lipinski definition) is 6. The van der Waals surface area contributed by atoms with E-state index in [1.54, 1.807) is 11.6 Å². The molecule has 9 nitrogen and oxygen atoms in total. The van der Waals surface area contributed by atoms with Crippen LogP contribution in [-0.4, -0.2) is 46.0 Å². The zero-order chi connectivity index (χ0) is 27.0. The number of aromatic nitrogens is 7. The van der Waals surface area contributed by atoms with Crippen LogP contribution in [-0.2, 0) is 12.1 Å². The van der Waals surface area contributed by atoms with E-state index in [2.05, 4.69) is 62.0 Å². The summed E-state index contributed by atoms with van der Waals surface area (Å²) >= 11 is 6.46. The number of carboxylic acids is 1. The topological polar surface area (TPSA) is 112 Å². The van der Waals surface area contributed by atoms with Gasteiger partial charge in [0.15, 0.2) is 11.5 Å². The second-order valence-corrected chi connectivity index (χ2v) is 9.43. The second-order valence-electron chi connectivity index (χ2n) is 9.05. The highest BCUT2D eigenvalue weighted by Crippen LogP contribution is 2.41. The molecule has 0 fully saturated rings. The molecule has 192 valence electrons. The maximum absolute atomic E-state index is 11.6. The van der Waals surface area contributed by atoms with Crippen LogP contribution in [0.3, 0.4) is 0 Å². The van der Waals surface area contributed by atoms with Crippen LogP contribution in [0.25, 0.3) is 11.0 Å². The Morgan fingerprint density at radius 3 is 1.95 bits per heavy atom. The molecule has 0 saturated heterocycles. The van der Waals surface area contributed by atoms with Crippen molar-refractivity contribution in [2.24, 2.45) is 0 Å². The minimum Gasteiger partial charge on any atom is -0.478 e. The first kappa shape index (κ1) is 24.4. The van der Waals surface area contributed by atoms with Crippen LogP contribution in [0.1, 0.15) is 38.6 Å². The third-order valence-electron chi connectivity index (χ3n) is 6.82. The Labute approximate surface area is 228 Å². The van der Waals surface area contributed by atoms with Gasteiger partial charge < -0.3 is 5.11 Å². The molecule has 6 aromatic rings. The molecule has 0 unspecified atom stereocenters. The van der Waals surface area contributed by atoms with Crippen molar-refractivity contribution in [3.8, 4) is 0 Å². The molecule has 0 aliphatic heterocycles. The lowest BCUT2D eigenvalue weighted by atomic mass is 9.77. The van der Waals surface area contributed by atoms with Crippen molar-refractivity contribution in [1.29, 1.82) is 0 Å². The summed E-state index contributed by atoms with van der Waals surface area (Å²) in [6, 6.07) is 30.3. The molecule has 0 aliphatic carbocycles. The van der Waals surface area contributed by atoms with Crippen LogP contribution in [0, 0.1) is 6.92 Å². The molecule has 1 N–H and O–H groups in total. The van der Waals surface area contributed by atoms with E-state index in [1.165, 1.54) is 6.20 Å². The first-order valence-electron chi connectivity index (χ1n) is 12.2. The van der Waals surface area contributed by atoms with Crippen molar-refractivity contribution in [3.63, 3.8) is 0 Å². The Morgan fingerprint density at radius 1 is 0.897 bits per heavy atom. The summed E-state index contributed by atoms with van der Waals surface area (Å²) in [7, 11) is 0. The molecule has 0 bridgehead atoms. The lowest BCUT2D eigenvalue weighted by Crippen LogP contribution is -2.40. The Balaban J connectivity index is 1.59. The number of carboxylic acid groups (broad SMARTS) is 1. The average Bonchev–Trinajstić information content (AvgIpc) is 3.55. The highest BCUT2D eigenvalue weighted by atomic mass is 35.5. The van der Waals surface area contributed by atoms with Crippen LogP contribution in [0.2, 0.25) is 5.02 Å². The maximum Gasteiger partial charge on any atom is 0.338 e. The molecule has 6 rings (SSSR count). The number of hydrogen-bond donors (Lipinski definition) is 1. The van der Waals surface area contributed by atoms with Crippen LogP contribution >= 0.6 is 11.6 Å². The van der Waals surface area contributed by atoms with Gasteiger partial charge in [-0.3, -0.25) is 0 Å². The predicted molar refractivity (Wildman–Crippen MR) is 146 cm³/mol. The number of aromatic carboxylic acids is 1. The van der Waals surface area contributed by atoms with E-state index in [9.17, 15) is 9.90 Å². The van der Waals surface area contributed by atoms with Crippen LogP contribution in [0.15, 0.2) is 97.2 Å². The van der Waals surface area contributed by atoms with E-state index in [-0.39, 0.29) is 17.1 Å². The van der Waals surface area contributed by atoms with Gasteiger partial charge in [0, 0.05) is 6.20 Å². The third-order valence-corrected chi connectivity index (χ3v) is 7.21. The lowest BCUT2D eigenvalue weighted by Gasteiger charge is -2.36. The molecular weight excluding hydrogens is 514 g/mol. The van der Waals surface area contributed by atoms with Gasteiger partial charge in [-0.25, -0.2) is 19.1 Å². The maximum atomic E-state index is 11.6. The lowest BCUT2D eigenvalue weighted by molar-refractivity contribution is 0.0697. The summed E-state index contributed by atoms with van der Waals surface area (Å²) in [4.78, 5) is 16.0. The van der Waals surface area contributed by atoms with E-state index < -0.39 is 11.5 Å². The minimum absolute atomic E-state index is 0.0760.